The van der Waals surface area contributed by atoms with Crippen LogP contribution in [0.2, 0.25) is 0 Å². The molecule has 0 bridgehead atoms. The molecule has 1 aromatic carbocycles. The van der Waals surface area contributed by atoms with Gasteiger partial charge in [0.25, 0.3) is 0 Å². The fourth-order valence-corrected chi connectivity index (χ4v) is 2.24. The molecule has 0 heterocycles. The molecule has 0 aromatic heterocycles. The van der Waals surface area contributed by atoms with Crippen LogP contribution in [0, 0.1) is 0 Å². The molecule has 0 saturated heterocycles. The van der Waals surface area contributed by atoms with E-state index in [0.717, 1.165) is 30.5 Å². The number of hydrogen-bond donors (Lipinski definition) is 2. The largest absolute Gasteiger partial charge is 0.478 e. The van der Waals surface area contributed by atoms with Gasteiger partial charge in [-0.3, -0.25) is 0 Å². The summed E-state index contributed by atoms with van der Waals surface area (Å²) in [6, 6.07) is 7.86. The maximum Gasteiger partial charge on any atom is 0.328 e. The highest BCUT2D eigenvalue weighted by Gasteiger charge is 2.21. The molecular formula is C13H15NO2. The lowest BCUT2D eigenvalue weighted by molar-refractivity contribution is -0.131. The third-order valence-corrected chi connectivity index (χ3v) is 3.06. The minimum absolute atomic E-state index is 0.450. The fourth-order valence-electron chi connectivity index (χ4n) is 2.24. The Morgan fingerprint density at radius 1 is 1.38 bits per heavy atom. The van der Waals surface area contributed by atoms with Crippen molar-refractivity contribution in [2.45, 2.75) is 25.2 Å². The molecule has 1 aliphatic rings. The Kier molecular flexibility index (Phi) is 2.95. The third-order valence-electron chi connectivity index (χ3n) is 3.06. The van der Waals surface area contributed by atoms with Gasteiger partial charge in [-0.1, -0.05) is 17.7 Å². The summed E-state index contributed by atoms with van der Waals surface area (Å²) in [4.78, 5) is 10.6. The SMILES string of the molecule is Nc1ccc([C@@H]2CCC(=CC(=O)O)C2)cc1. The molecule has 1 aromatic rings. The lowest BCUT2D eigenvalue weighted by atomic mass is 9.97. The summed E-state index contributed by atoms with van der Waals surface area (Å²) < 4.78 is 0. The maximum absolute atomic E-state index is 10.6. The van der Waals surface area contributed by atoms with Crippen molar-refractivity contribution in [3.63, 3.8) is 0 Å². The van der Waals surface area contributed by atoms with Gasteiger partial charge >= 0.3 is 5.97 Å². The number of allylic oxidation sites excluding steroid dienone is 1. The summed E-state index contributed by atoms with van der Waals surface area (Å²) in [7, 11) is 0. The van der Waals surface area contributed by atoms with Gasteiger partial charge < -0.3 is 10.8 Å². The number of hydrogen-bond acceptors (Lipinski definition) is 2. The summed E-state index contributed by atoms with van der Waals surface area (Å²) in [5.41, 5.74) is 8.69. The molecule has 16 heavy (non-hydrogen) atoms. The van der Waals surface area contributed by atoms with E-state index in [9.17, 15) is 4.79 Å². The van der Waals surface area contributed by atoms with Crippen molar-refractivity contribution in [1.82, 2.24) is 0 Å². The highest BCUT2D eigenvalue weighted by Crippen LogP contribution is 2.37. The van der Waals surface area contributed by atoms with Crippen molar-refractivity contribution < 1.29 is 9.90 Å². The summed E-state index contributed by atoms with van der Waals surface area (Å²) in [6.07, 6.45) is 4.12. The molecule has 0 spiro atoms. The van der Waals surface area contributed by atoms with E-state index >= 15 is 0 Å². The first kappa shape index (κ1) is 10.7. The third kappa shape index (κ3) is 2.42. The lowest BCUT2D eigenvalue weighted by Gasteiger charge is -2.08. The quantitative estimate of drug-likeness (QED) is 0.591. The Morgan fingerprint density at radius 2 is 2.06 bits per heavy atom. The molecule has 1 atom stereocenters. The molecule has 0 radical (unpaired) electrons. The Hall–Kier alpha value is -1.77. The summed E-state index contributed by atoms with van der Waals surface area (Å²) in [5, 5.41) is 8.67. The number of benzene rings is 1. The molecule has 1 aliphatic carbocycles. The van der Waals surface area contributed by atoms with Crippen LogP contribution in [-0.2, 0) is 4.79 Å². The second kappa shape index (κ2) is 4.39. The van der Waals surface area contributed by atoms with Crippen molar-refractivity contribution >= 4 is 11.7 Å². The standard InChI is InChI=1S/C13H15NO2/c14-12-5-3-10(4-6-12)11-2-1-9(7-11)8-13(15)16/h3-6,8,11H,1-2,7,14H2,(H,15,16)/t11-/m1/s1. The van der Waals surface area contributed by atoms with E-state index in [2.05, 4.69) is 0 Å². The molecule has 3 heteroatoms. The van der Waals surface area contributed by atoms with Crippen molar-refractivity contribution in [2.75, 3.05) is 5.73 Å². The van der Waals surface area contributed by atoms with E-state index in [-0.39, 0.29) is 0 Å². The van der Waals surface area contributed by atoms with E-state index in [1.165, 1.54) is 11.6 Å². The second-order valence-electron chi connectivity index (χ2n) is 4.25. The molecule has 0 unspecified atom stereocenters. The van der Waals surface area contributed by atoms with Gasteiger partial charge in [-0.2, -0.15) is 0 Å². The normalized spacial score (nSPS) is 22.5. The zero-order valence-corrected chi connectivity index (χ0v) is 9.02. The molecule has 1 saturated carbocycles. The van der Waals surface area contributed by atoms with Gasteiger partial charge in [0.05, 0.1) is 0 Å². The first-order chi connectivity index (χ1) is 7.65. The minimum Gasteiger partial charge on any atom is -0.478 e. The van der Waals surface area contributed by atoms with Crippen molar-refractivity contribution in [1.29, 1.82) is 0 Å². The predicted octanol–water partition coefficient (Wildman–Crippen LogP) is 2.55. The lowest BCUT2D eigenvalue weighted by Crippen LogP contribution is -1.93. The number of aliphatic carboxylic acids is 1. The van der Waals surface area contributed by atoms with Crippen molar-refractivity contribution in [3.05, 3.63) is 41.5 Å². The van der Waals surface area contributed by atoms with Crippen LogP contribution < -0.4 is 5.73 Å². The maximum atomic E-state index is 10.6. The fraction of sp³-hybridized carbons (Fsp3) is 0.308. The Bertz CT molecular complexity index is 420. The van der Waals surface area contributed by atoms with E-state index < -0.39 is 5.97 Å². The average Bonchev–Trinajstić information content (AvgIpc) is 2.66. The Balaban J connectivity index is 2.09. The summed E-state index contributed by atoms with van der Waals surface area (Å²) >= 11 is 0. The second-order valence-corrected chi connectivity index (χ2v) is 4.25. The molecule has 0 aliphatic heterocycles. The Morgan fingerprint density at radius 3 is 2.69 bits per heavy atom. The van der Waals surface area contributed by atoms with Gasteiger partial charge in [-0.15, -0.1) is 0 Å². The summed E-state index contributed by atoms with van der Waals surface area (Å²) in [5.74, 6) is -0.390. The highest BCUT2D eigenvalue weighted by atomic mass is 16.4. The zero-order chi connectivity index (χ0) is 11.5. The van der Waals surface area contributed by atoms with Crippen LogP contribution in [0.5, 0.6) is 0 Å². The first-order valence-corrected chi connectivity index (χ1v) is 5.43. The van der Waals surface area contributed by atoms with E-state index in [0.29, 0.717) is 5.92 Å². The average molecular weight is 217 g/mol. The van der Waals surface area contributed by atoms with Crippen LogP contribution in [0.4, 0.5) is 5.69 Å². The van der Waals surface area contributed by atoms with E-state index in [1.807, 2.05) is 24.3 Å². The predicted molar refractivity (Wildman–Crippen MR) is 63.2 cm³/mol. The van der Waals surface area contributed by atoms with Crippen molar-refractivity contribution in [2.24, 2.45) is 0 Å². The molecule has 3 nitrogen and oxygen atoms in total. The zero-order valence-electron chi connectivity index (χ0n) is 9.02. The van der Waals surface area contributed by atoms with Crippen LogP contribution in [0.1, 0.15) is 30.7 Å². The number of carbonyl (C=O) groups is 1. The molecule has 1 fully saturated rings. The van der Waals surface area contributed by atoms with Crippen LogP contribution in [0.15, 0.2) is 35.9 Å². The topological polar surface area (TPSA) is 63.3 Å². The number of nitrogen functional groups attached to an aromatic ring is 1. The van der Waals surface area contributed by atoms with E-state index in [4.69, 9.17) is 10.8 Å². The van der Waals surface area contributed by atoms with Crippen LogP contribution >= 0.6 is 0 Å². The van der Waals surface area contributed by atoms with Crippen LogP contribution in [0.3, 0.4) is 0 Å². The van der Waals surface area contributed by atoms with Gasteiger partial charge in [0.1, 0.15) is 0 Å². The number of rotatable bonds is 2. The van der Waals surface area contributed by atoms with Crippen LogP contribution in [0.25, 0.3) is 0 Å². The number of carboxylic acid groups (broad SMARTS) is 1. The van der Waals surface area contributed by atoms with Gasteiger partial charge in [0.2, 0.25) is 0 Å². The number of carboxylic acids is 1. The van der Waals surface area contributed by atoms with Gasteiger partial charge in [-0.25, -0.2) is 4.79 Å². The summed E-state index contributed by atoms with van der Waals surface area (Å²) in [6.45, 7) is 0. The molecular weight excluding hydrogens is 202 g/mol. The first-order valence-electron chi connectivity index (χ1n) is 5.43. The van der Waals surface area contributed by atoms with Crippen LogP contribution in [-0.4, -0.2) is 11.1 Å². The molecule has 3 N–H and O–H groups in total. The molecule has 84 valence electrons. The number of nitrogens with two attached hydrogens (primary N) is 1. The Labute approximate surface area is 94.6 Å². The molecule has 2 rings (SSSR count). The smallest absolute Gasteiger partial charge is 0.328 e. The van der Waals surface area contributed by atoms with Gasteiger partial charge in [0, 0.05) is 11.8 Å². The van der Waals surface area contributed by atoms with Gasteiger partial charge in [0.15, 0.2) is 0 Å². The molecule has 0 amide bonds. The highest BCUT2D eigenvalue weighted by molar-refractivity contribution is 5.80. The number of anilines is 1. The van der Waals surface area contributed by atoms with Crippen molar-refractivity contribution in [3.8, 4) is 0 Å². The minimum atomic E-state index is -0.840. The van der Waals surface area contributed by atoms with E-state index in [1.54, 1.807) is 0 Å². The van der Waals surface area contributed by atoms with Gasteiger partial charge in [-0.05, 0) is 42.9 Å². The monoisotopic (exact) mass is 217 g/mol.